The lowest BCUT2D eigenvalue weighted by Gasteiger charge is -2.23. The van der Waals surface area contributed by atoms with E-state index >= 15 is 0 Å². The minimum absolute atomic E-state index is 0.0216. The van der Waals surface area contributed by atoms with Crippen LogP contribution >= 0.6 is 11.8 Å². The summed E-state index contributed by atoms with van der Waals surface area (Å²) in [4.78, 5) is 98.0. The van der Waals surface area contributed by atoms with Gasteiger partial charge < -0.3 is 19.9 Å². The van der Waals surface area contributed by atoms with Gasteiger partial charge in [-0.05, 0) is 154 Å². The van der Waals surface area contributed by atoms with Gasteiger partial charge in [-0.25, -0.2) is 13.2 Å². The van der Waals surface area contributed by atoms with E-state index in [1.54, 1.807) is 25.6 Å². The first-order valence-electron chi connectivity index (χ1n) is 52.8. The number of hydrogen-bond donors (Lipinski definition) is 1. The zero-order chi connectivity index (χ0) is 101. The Morgan fingerprint density at radius 3 is 1.44 bits per heavy atom. The number of carbonyl (C=O) groups is 8. The molecular weight excluding hydrogens is 1680 g/mol. The highest BCUT2D eigenvalue weighted by atomic mass is 32.2. The number of ether oxygens (including phenoxy) is 1. The van der Waals surface area contributed by atoms with Crippen LogP contribution in [0.2, 0.25) is 0 Å². The zero-order valence-corrected chi connectivity index (χ0v) is 89.1. The molecule has 10 aliphatic rings. The van der Waals surface area contributed by atoms with E-state index in [9.17, 15) is 51.5 Å². The Kier molecular flexibility index (Phi) is 101. The molecule has 1 fully saturated rings. The van der Waals surface area contributed by atoms with Crippen LogP contribution < -0.4 is 5.32 Å². The number of imide groups is 1. The summed E-state index contributed by atoms with van der Waals surface area (Å²) in [5.41, 5.74) is -5.12. The van der Waals surface area contributed by atoms with Gasteiger partial charge in [0.25, 0.3) is 5.91 Å². The van der Waals surface area contributed by atoms with Gasteiger partial charge >= 0.3 is 0 Å². The molecule has 10 rings (SSSR count). The van der Waals surface area contributed by atoms with Crippen LogP contribution in [0.25, 0.3) is 0 Å². The smallest absolute Gasteiger partial charge is 0.270 e. The van der Waals surface area contributed by atoms with Crippen molar-refractivity contribution in [3.63, 3.8) is 0 Å². The predicted molar refractivity (Wildman–Crippen MR) is 560 cm³/mol. The number of terminal acetylenes is 1. The third kappa shape index (κ3) is 73.2. The number of likely N-dealkylation sites (tertiary alicyclic amines) is 1. The molecule has 133 heavy (non-hydrogen) atoms. The Hall–Kier alpha value is -7.74. The summed E-state index contributed by atoms with van der Waals surface area (Å²) < 4.78 is 47.2. The number of carbonyl (C=O) groups excluding carboxylic acids is 8. The number of hydrogen-bond acceptors (Lipinski definition) is 11. The molecule has 1 saturated heterocycles. The molecule has 754 valence electrons. The fraction of sp³-hybridized carbons (Fsp3) is 0.759. The summed E-state index contributed by atoms with van der Waals surface area (Å²) in [5.74, 6) is 51.4. The molecule has 8 atom stereocenters. The number of ketones is 4. The van der Waals surface area contributed by atoms with E-state index in [1.165, 1.54) is 108 Å². The molecule has 0 radical (unpaired) electrons. The number of Topliss-reactive ketones (excluding diaryl/α,β-unsaturated/α-hetero) is 4. The van der Waals surface area contributed by atoms with Crippen molar-refractivity contribution in [2.45, 2.75) is 514 Å². The zero-order valence-electron chi connectivity index (χ0n) is 88.3. The topological polar surface area (TPSA) is 168 Å². The van der Waals surface area contributed by atoms with Crippen LogP contribution in [0.4, 0.5) is 13.2 Å². The highest BCUT2D eigenvalue weighted by Crippen LogP contribution is 2.30. The predicted octanol–water partition coefficient (Wildman–Crippen LogP) is 28.0. The Morgan fingerprint density at radius 2 is 0.917 bits per heavy atom. The van der Waals surface area contributed by atoms with Crippen LogP contribution in [0.1, 0.15) is 479 Å². The molecule has 3 aliphatic heterocycles. The van der Waals surface area contributed by atoms with Gasteiger partial charge in [-0.3, -0.25) is 43.3 Å². The van der Waals surface area contributed by atoms with Crippen molar-refractivity contribution >= 4 is 58.5 Å². The molecule has 13 nitrogen and oxygen atoms in total. The first-order valence-corrected chi connectivity index (χ1v) is 53.9. The van der Waals surface area contributed by atoms with Gasteiger partial charge in [0.2, 0.25) is 29.1 Å². The van der Waals surface area contributed by atoms with Crippen molar-refractivity contribution < 1.29 is 56.3 Å². The molecule has 0 saturated carbocycles. The summed E-state index contributed by atoms with van der Waals surface area (Å²) in [6, 6.07) is 2.98. The summed E-state index contributed by atoms with van der Waals surface area (Å²) in [7, 11) is 0. The van der Waals surface area contributed by atoms with E-state index in [4.69, 9.17) is 4.74 Å². The molecule has 7 aliphatic carbocycles. The fourth-order valence-corrected chi connectivity index (χ4v) is 14.9. The van der Waals surface area contributed by atoms with Crippen molar-refractivity contribution in [1.29, 1.82) is 0 Å². The lowest BCUT2D eigenvalue weighted by Crippen LogP contribution is -2.44. The van der Waals surface area contributed by atoms with Crippen molar-refractivity contribution in [2.24, 2.45) is 11.8 Å². The first-order chi connectivity index (χ1) is 64.6. The van der Waals surface area contributed by atoms with Gasteiger partial charge in [-0.1, -0.05) is 274 Å². The van der Waals surface area contributed by atoms with E-state index < -0.39 is 22.9 Å². The highest BCUT2D eigenvalue weighted by molar-refractivity contribution is 8.00. The van der Waals surface area contributed by atoms with Gasteiger partial charge in [-0.15, -0.1) is 60.1 Å². The third-order valence-electron chi connectivity index (χ3n) is 21.7. The number of nitrogens with one attached hydrogen (secondary N) is 1. The van der Waals surface area contributed by atoms with Crippen molar-refractivity contribution in [1.82, 2.24) is 20.0 Å². The summed E-state index contributed by atoms with van der Waals surface area (Å²) in [5, 5.41) is 2.15. The molecular formula is C116H189F3N4O9S. The Labute approximate surface area is 820 Å². The van der Waals surface area contributed by atoms with Gasteiger partial charge in [0.15, 0.2) is 17.2 Å². The van der Waals surface area contributed by atoms with E-state index in [0.717, 1.165) is 180 Å². The lowest BCUT2D eigenvalue weighted by atomic mass is 9.90. The molecule has 0 bridgehead atoms. The van der Waals surface area contributed by atoms with Crippen molar-refractivity contribution in [3.05, 3.63) is 0 Å². The van der Waals surface area contributed by atoms with Gasteiger partial charge in [-0.2, -0.15) is 0 Å². The normalized spacial score (nSPS) is 22.0. The van der Waals surface area contributed by atoms with E-state index in [1.807, 2.05) is 109 Å². The quantitative estimate of drug-likeness (QED) is 0.0910. The molecule has 0 aromatic rings. The number of alkyl halides is 3. The average molecular weight is 1870 g/mol. The number of halogens is 3. The second-order valence-corrected chi connectivity index (χ2v) is 33.6. The number of nitrogens with zero attached hydrogens (tertiary/aromatic N) is 3. The molecule has 3 heterocycles. The van der Waals surface area contributed by atoms with Gasteiger partial charge in [0.05, 0.1) is 17.7 Å². The van der Waals surface area contributed by atoms with Crippen LogP contribution in [0, 0.1) is 131 Å². The summed E-state index contributed by atoms with van der Waals surface area (Å²) >= 11 is 1.57. The van der Waals surface area contributed by atoms with E-state index in [2.05, 4.69) is 157 Å². The first kappa shape index (κ1) is 136. The van der Waals surface area contributed by atoms with Crippen LogP contribution in [0.15, 0.2) is 0 Å². The second-order valence-electron chi connectivity index (χ2n) is 32.1. The Balaban J connectivity index is -0.000000337. The molecule has 8 unspecified atom stereocenters. The monoisotopic (exact) mass is 1870 g/mol. The minimum atomic E-state index is -2.12. The fourth-order valence-electron chi connectivity index (χ4n) is 14.0. The molecule has 4 amide bonds. The van der Waals surface area contributed by atoms with E-state index in [0.29, 0.717) is 82.5 Å². The third-order valence-corrected chi connectivity index (χ3v) is 22.8. The van der Waals surface area contributed by atoms with E-state index in [-0.39, 0.29) is 84.2 Å². The van der Waals surface area contributed by atoms with Crippen LogP contribution in [0.3, 0.4) is 0 Å². The minimum Gasteiger partial charge on any atom is -0.366 e. The molecule has 0 aromatic carbocycles. The summed E-state index contributed by atoms with van der Waals surface area (Å²) in [6.45, 7) is 46.1. The van der Waals surface area contributed by atoms with Gasteiger partial charge in [0, 0.05) is 167 Å². The van der Waals surface area contributed by atoms with Crippen LogP contribution in [0.5, 0.6) is 0 Å². The van der Waals surface area contributed by atoms with Gasteiger partial charge in [0.1, 0.15) is 23.7 Å². The maximum atomic E-state index is 14.3. The largest absolute Gasteiger partial charge is 0.366 e. The average Bonchev–Trinajstić information content (AvgIpc) is 1.67. The number of amides is 4. The summed E-state index contributed by atoms with van der Waals surface area (Å²) in [6.07, 6.45) is 56.9. The Morgan fingerprint density at radius 1 is 0.451 bits per heavy atom. The second kappa shape index (κ2) is 98.8. The maximum Gasteiger partial charge on any atom is 0.270 e. The lowest BCUT2D eigenvalue weighted by molar-refractivity contribution is -0.140. The standard InChI is InChI=1S/C14H19NO2S.C13H18FNO2.C13H19NO2.C11H15FO.C11H16O.C10H15F.C10H16O.C10H16.C9H15N.C3H8.5C2H6.C2H2/c1-2-18-12-10-13(16)15(14(12)17)11-8-6-4-3-5-7-9-11;1-2-11(16)10-15-12(17)13(14)8-6-4-3-5-7-9-13;1-2-12(15)8-9-13(16)14-10-6-4-3-5-7-11-14;1-2-10(13)11(12)8-6-4-3-5-7-9-11;1-2-11(12)10-8-6-4-3-5-7-9-10;1-2-10(11)8-6-4-3-5-7-9-10;1-2-11-10-8-6-4-3-5-7-9-10;2*1-2-10-8-6-4-3-5-7-9-10;1-3-2;6*1-2/h11-12H,2-6,8,10H2,1H3;2-6,8,10H2,1H3,(H,15,17);2,4,6-11H2,1H3;2-6,8H2,1H3;10H,2-6,8H2,1H3;2-6,8H2,1H3;10H,2-6,8H2,1H3;10H,2-6,8H2,1H3;2-6,8H2,1H3;3H2,1-2H3;5*1-2H3;1-2H. The maximum absolute atomic E-state index is 14.3. The number of rotatable bonds is 20. The molecule has 17 heteroatoms. The van der Waals surface area contributed by atoms with Crippen molar-refractivity contribution in [3.8, 4) is 120 Å². The number of thioether (sulfide) groups is 1. The highest BCUT2D eigenvalue weighted by Gasteiger charge is 2.42. The van der Waals surface area contributed by atoms with Crippen molar-refractivity contribution in [2.75, 3.05) is 45.1 Å². The SMILES string of the molecule is C#C.CC.CC.CC.CC.CC.CCC.CCC(=O)C1(F)C#CCCCCC1.CCC(=O)C1C#CCCCCC1.CCC(=O)CCC(=O)N1CCC#CCCC1.CCC(=O)CNC(=O)C1(F)C#CCCCCC1.CCC1(F)C#CCCCCC1.CCC1C#CCCCCC1.CCN1C#CCCCCC1.CCOC1C#CCCCCC1.CCSC1CC(=O)N(C2C#CCCCCC2)C1=O. The molecule has 0 aromatic heterocycles. The Bertz CT molecular complexity index is 3620. The van der Waals surface area contributed by atoms with Crippen LogP contribution in [-0.2, 0) is 43.1 Å². The molecule has 0 spiro atoms. The van der Waals surface area contributed by atoms with Crippen LogP contribution in [-0.4, -0.2) is 141 Å². The molecule has 1 N–H and O–H groups in total.